The van der Waals surface area contributed by atoms with Crippen molar-refractivity contribution in [2.45, 2.75) is 20.5 Å². The quantitative estimate of drug-likeness (QED) is 0.257. The van der Waals surface area contributed by atoms with Gasteiger partial charge in [0.1, 0.15) is 6.61 Å². The zero-order chi connectivity index (χ0) is 18.8. The number of hydrogen-bond acceptors (Lipinski definition) is 4. The van der Waals surface area contributed by atoms with Crippen LogP contribution in [-0.2, 0) is 6.61 Å². The van der Waals surface area contributed by atoms with Crippen molar-refractivity contribution >= 4 is 46.1 Å². The highest BCUT2D eigenvalue weighted by Gasteiger charge is 2.06. The second-order valence-electron chi connectivity index (χ2n) is 5.28. The molecule has 0 aliphatic carbocycles. The molecule has 2 N–H and O–H groups in total. The third-order valence-corrected chi connectivity index (χ3v) is 4.25. The summed E-state index contributed by atoms with van der Waals surface area (Å²) in [5, 5.41) is 7.58. The molecule has 0 amide bonds. The fourth-order valence-corrected chi connectivity index (χ4v) is 2.66. The number of rotatable bonds is 8. The van der Waals surface area contributed by atoms with Gasteiger partial charge in [0, 0.05) is 10.1 Å². The number of nitrogens with zero attached hydrogens (tertiary/aromatic N) is 1. The molecule has 0 aliphatic rings. The lowest BCUT2D eigenvalue weighted by molar-refractivity contribution is 0.269. The third kappa shape index (κ3) is 6.80. The molecule has 0 unspecified atom stereocenters. The van der Waals surface area contributed by atoms with E-state index < -0.39 is 0 Å². The van der Waals surface area contributed by atoms with E-state index in [0.29, 0.717) is 29.8 Å². The maximum absolute atomic E-state index is 5.93. The van der Waals surface area contributed by atoms with Crippen LogP contribution in [0.15, 0.2) is 47.6 Å². The third-order valence-electron chi connectivity index (χ3n) is 3.29. The monoisotopic (exact) mass is 483 g/mol. The van der Waals surface area contributed by atoms with Crippen molar-refractivity contribution < 1.29 is 9.47 Å². The number of thiocarbonyl (C=S) groups is 1. The van der Waals surface area contributed by atoms with Crippen LogP contribution in [0, 0.1) is 3.57 Å². The van der Waals surface area contributed by atoms with E-state index in [1.54, 1.807) is 6.21 Å². The molecule has 7 heteroatoms. The van der Waals surface area contributed by atoms with Gasteiger partial charge in [-0.25, -0.2) is 0 Å². The zero-order valence-corrected chi connectivity index (χ0v) is 17.8. The molecule has 0 aliphatic heterocycles. The molecule has 0 fully saturated rings. The lowest BCUT2D eigenvalue weighted by Crippen LogP contribution is -2.31. The number of hydrogen-bond donors (Lipinski definition) is 2. The molecule has 5 nitrogen and oxygen atoms in total. The van der Waals surface area contributed by atoms with Gasteiger partial charge in [0.25, 0.3) is 0 Å². The van der Waals surface area contributed by atoms with Crippen LogP contribution in [0.4, 0.5) is 0 Å². The molecule has 26 heavy (non-hydrogen) atoms. The van der Waals surface area contributed by atoms with Crippen molar-refractivity contribution in [1.82, 2.24) is 10.7 Å². The number of nitrogens with one attached hydrogen (secondary N) is 2. The lowest BCUT2D eigenvalue weighted by atomic mass is 10.2. The van der Waals surface area contributed by atoms with Gasteiger partial charge in [-0.05, 0) is 90.1 Å². The first-order chi connectivity index (χ1) is 12.6. The SMILES string of the molecule is CCNC(=S)N/N=C\c1ccc(OCc2ccc(I)cc2)c(OCC)c1. The smallest absolute Gasteiger partial charge is 0.186 e. The molecule has 0 heterocycles. The molecule has 138 valence electrons. The minimum Gasteiger partial charge on any atom is -0.490 e. The number of halogens is 1. The van der Waals surface area contributed by atoms with E-state index in [0.717, 1.165) is 17.7 Å². The standard InChI is InChI=1S/C19H22IN3O2S/c1-3-21-19(26)23-22-12-15-7-10-17(18(11-15)24-4-2)25-13-14-5-8-16(20)9-6-14/h5-12H,3-4,13H2,1-2H3,(H2,21,23,26)/b22-12-. The molecule has 0 saturated carbocycles. The molecule has 2 rings (SSSR count). The van der Waals surface area contributed by atoms with Crippen molar-refractivity contribution in [3.8, 4) is 11.5 Å². The Hall–Kier alpha value is -1.87. The molecule has 0 saturated heterocycles. The molecular formula is C19H22IN3O2S. The van der Waals surface area contributed by atoms with Gasteiger partial charge in [0.2, 0.25) is 0 Å². The van der Waals surface area contributed by atoms with Gasteiger partial charge in [-0.1, -0.05) is 12.1 Å². The van der Waals surface area contributed by atoms with Crippen LogP contribution in [0.5, 0.6) is 11.5 Å². The Bertz CT molecular complexity index is 751. The Morgan fingerprint density at radius 3 is 2.58 bits per heavy atom. The van der Waals surface area contributed by atoms with Gasteiger partial charge >= 0.3 is 0 Å². The van der Waals surface area contributed by atoms with Crippen LogP contribution in [-0.4, -0.2) is 24.5 Å². The highest BCUT2D eigenvalue weighted by Crippen LogP contribution is 2.29. The molecule has 0 aromatic heterocycles. The fourth-order valence-electron chi connectivity index (χ4n) is 2.10. The Kier molecular flexibility index (Phi) is 8.63. The minimum atomic E-state index is 0.489. The minimum absolute atomic E-state index is 0.489. The fraction of sp³-hybridized carbons (Fsp3) is 0.263. The Balaban J connectivity index is 2.03. The molecule has 0 atom stereocenters. The molecule has 2 aromatic rings. The van der Waals surface area contributed by atoms with Gasteiger partial charge in [-0.3, -0.25) is 5.43 Å². The summed E-state index contributed by atoms with van der Waals surface area (Å²) in [6.45, 7) is 5.72. The van der Waals surface area contributed by atoms with E-state index in [1.165, 1.54) is 3.57 Å². The number of benzene rings is 2. The maximum atomic E-state index is 5.93. The zero-order valence-electron chi connectivity index (χ0n) is 14.8. The van der Waals surface area contributed by atoms with Gasteiger partial charge in [-0.2, -0.15) is 5.10 Å². The first kappa shape index (κ1) is 20.4. The Morgan fingerprint density at radius 1 is 1.12 bits per heavy atom. The second kappa shape index (κ2) is 11.0. The van der Waals surface area contributed by atoms with E-state index in [-0.39, 0.29) is 0 Å². The number of ether oxygens (including phenoxy) is 2. The summed E-state index contributed by atoms with van der Waals surface area (Å²) in [5.74, 6) is 1.40. The first-order valence-corrected chi connectivity index (χ1v) is 9.82. The molecule has 0 spiro atoms. The van der Waals surface area contributed by atoms with Gasteiger partial charge in [0.15, 0.2) is 16.6 Å². The maximum Gasteiger partial charge on any atom is 0.186 e. The van der Waals surface area contributed by atoms with Gasteiger partial charge in [-0.15, -0.1) is 0 Å². The summed E-state index contributed by atoms with van der Waals surface area (Å²) in [5.41, 5.74) is 4.77. The molecule has 0 radical (unpaired) electrons. The van der Waals surface area contributed by atoms with Crippen molar-refractivity contribution in [2.75, 3.05) is 13.2 Å². The summed E-state index contributed by atoms with van der Waals surface area (Å²) in [6, 6.07) is 14.0. The highest BCUT2D eigenvalue weighted by atomic mass is 127. The molecule has 2 aromatic carbocycles. The van der Waals surface area contributed by atoms with E-state index >= 15 is 0 Å². The van der Waals surface area contributed by atoms with E-state index in [1.807, 2.05) is 32.0 Å². The summed E-state index contributed by atoms with van der Waals surface area (Å²) in [4.78, 5) is 0. The summed E-state index contributed by atoms with van der Waals surface area (Å²) >= 11 is 7.35. The van der Waals surface area contributed by atoms with Gasteiger partial charge in [0.05, 0.1) is 12.8 Å². The lowest BCUT2D eigenvalue weighted by Gasteiger charge is -2.12. The predicted molar refractivity (Wildman–Crippen MR) is 118 cm³/mol. The predicted octanol–water partition coefficient (Wildman–Crippen LogP) is 4.09. The van der Waals surface area contributed by atoms with Crippen LogP contribution in [0.1, 0.15) is 25.0 Å². The van der Waals surface area contributed by atoms with Crippen LogP contribution < -0.4 is 20.2 Å². The van der Waals surface area contributed by atoms with E-state index in [2.05, 4.69) is 62.7 Å². The van der Waals surface area contributed by atoms with Crippen molar-refractivity contribution in [3.63, 3.8) is 0 Å². The summed E-state index contributed by atoms with van der Waals surface area (Å²) in [6.07, 6.45) is 1.69. The van der Waals surface area contributed by atoms with Crippen molar-refractivity contribution in [1.29, 1.82) is 0 Å². The average molecular weight is 483 g/mol. The first-order valence-electron chi connectivity index (χ1n) is 8.33. The van der Waals surface area contributed by atoms with Crippen LogP contribution in [0.3, 0.4) is 0 Å². The Labute approximate surface area is 173 Å². The second-order valence-corrected chi connectivity index (χ2v) is 6.94. The van der Waals surface area contributed by atoms with E-state index in [4.69, 9.17) is 21.7 Å². The van der Waals surface area contributed by atoms with Crippen molar-refractivity contribution in [3.05, 3.63) is 57.2 Å². The topological polar surface area (TPSA) is 54.9 Å². The van der Waals surface area contributed by atoms with Crippen LogP contribution in [0.25, 0.3) is 0 Å². The summed E-state index contributed by atoms with van der Waals surface area (Å²) in [7, 11) is 0. The van der Waals surface area contributed by atoms with Crippen molar-refractivity contribution in [2.24, 2.45) is 5.10 Å². The highest BCUT2D eigenvalue weighted by molar-refractivity contribution is 14.1. The van der Waals surface area contributed by atoms with Gasteiger partial charge < -0.3 is 14.8 Å². The molecule has 0 bridgehead atoms. The largest absolute Gasteiger partial charge is 0.490 e. The van der Waals surface area contributed by atoms with E-state index in [9.17, 15) is 0 Å². The average Bonchev–Trinajstić information content (AvgIpc) is 2.63. The van der Waals surface area contributed by atoms with Crippen LogP contribution >= 0.6 is 34.8 Å². The number of hydrazone groups is 1. The normalized spacial score (nSPS) is 10.6. The van der Waals surface area contributed by atoms with Crippen LogP contribution in [0.2, 0.25) is 0 Å². The Morgan fingerprint density at radius 2 is 1.88 bits per heavy atom. The summed E-state index contributed by atoms with van der Waals surface area (Å²) < 4.78 is 12.8. The molecular weight excluding hydrogens is 461 g/mol.